The van der Waals surface area contributed by atoms with E-state index in [-0.39, 0.29) is 23.8 Å². The first-order valence-electron chi connectivity index (χ1n) is 8.15. The first kappa shape index (κ1) is 17.0. The molecule has 8 heteroatoms. The zero-order valence-corrected chi connectivity index (χ0v) is 15.2. The van der Waals surface area contributed by atoms with Gasteiger partial charge in [-0.1, -0.05) is 6.07 Å². The second-order valence-corrected chi connectivity index (χ2v) is 7.04. The number of nitrogens with zero attached hydrogens (tertiary/aromatic N) is 2. The van der Waals surface area contributed by atoms with E-state index in [1.807, 2.05) is 6.92 Å². The Bertz CT molecular complexity index is 1160. The Balaban J connectivity index is 1.47. The number of nitrogens with one attached hydrogen (secondary N) is 1. The van der Waals surface area contributed by atoms with Crippen molar-refractivity contribution in [2.24, 2.45) is 0 Å². The Morgan fingerprint density at radius 3 is 3.00 bits per heavy atom. The van der Waals surface area contributed by atoms with Crippen LogP contribution in [0.3, 0.4) is 0 Å². The maximum absolute atomic E-state index is 12.1. The maximum atomic E-state index is 12.1. The SMILES string of the molecule is Cc1cn2c(=O)cc(COc3cccc(NC(=O)c4ccco4)c3)nc2s1. The molecule has 27 heavy (non-hydrogen) atoms. The number of hydrogen-bond donors (Lipinski definition) is 1. The summed E-state index contributed by atoms with van der Waals surface area (Å²) in [6.07, 6.45) is 3.21. The molecule has 0 saturated carbocycles. The van der Waals surface area contributed by atoms with Crippen LogP contribution >= 0.6 is 11.3 Å². The first-order chi connectivity index (χ1) is 13.1. The highest BCUT2D eigenvalue weighted by atomic mass is 32.1. The summed E-state index contributed by atoms with van der Waals surface area (Å²) in [6.45, 7) is 2.08. The minimum atomic E-state index is -0.342. The minimum absolute atomic E-state index is 0.137. The highest BCUT2D eigenvalue weighted by molar-refractivity contribution is 7.16. The van der Waals surface area contributed by atoms with Crippen molar-refractivity contribution < 1.29 is 13.9 Å². The fourth-order valence-electron chi connectivity index (χ4n) is 2.55. The number of carbonyl (C=O) groups excluding carboxylic acids is 1. The summed E-state index contributed by atoms with van der Waals surface area (Å²) in [5.41, 5.74) is 0.987. The van der Waals surface area contributed by atoms with Gasteiger partial charge in [0.15, 0.2) is 10.7 Å². The van der Waals surface area contributed by atoms with Crippen molar-refractivity contribution in [2.75, 3.05) is 5.32 Å². The highest BCUT2D eigenvalue weighted by Crippen LogP contribution is 2.20. The number of carbonyl (C=O) groups is 1. The molecule has 0 saturated heterocycles. The Morgan fingerprint density at radius 2 is 2.19 bits per heavy atom. The standard InChI is InChI=1S/C19H15N3O4S/c1-12-10-22-17(23)9-14(21-19(22)27-12)11-26-15-5-2-4-13(8-15)20-18(24)16-6-3-7-25-16/h2-10H,11H2,1H3,(H,20,24). The molecule has 3 aromatic heterocycles. The van der Waals surface area contributed by atoms with Gasteiger partial charge in [0.05, 0.1) is 12.0 Å². The fourth-order valence-corrected chi connectivity index (χ4v) is 3.40. The molecular weight excluding hydrogens is 366 g/mol. The van der Waals surface area contributed by atoms with Crippen LogP contribution in [-0.2, 0) is 6.61 Å². The van der Waals surface area contributed by atoms with Gasteiger partial charge in [0.2, 0.25) is 0 Å². The molecule has 1 aromatic carbocycles. The minimum Gasteiger partial charge on any atom is -0.487 e. The van der Waals surface area contributed by atoms with Gasteiger partial charge < -0.3 is 14.5 Å². The normalized spacial score (nSPS) is 10.9. The molecule has 1 amide bonds. The van der Waals surface area contributed by atoms with E-state index in [4.69, 9.17) is 9.15 Å². The average molecular weight is 381 g/mol. The number of furan rings is 1. The number of amides is 1. The van der Waals surface area contributed by atoms with E-state index in [0.29, 0.717) is 22.1 Å². The van der Waals surface area contributed by atoms with E-state index in [2.05, 4.69) is 10.3 Å². The van der Waals surface area contributed by atoms with Crippen molar-refractivity contribution in [3.8, 4) is 5.75 Å². The molecule has 0 bridgehead atoms. The molecule has 0 spiro atoms. The van der Waals surface area contributed by atoms with Crippen LogP contribution in [0.25, 0.3) is 4.96 Å². The third kappa shape index (κ3) is 3.75. The molecule has 0 aliphatic rings. The number of aromatic nitrogens is 2. The summed E-state index contributed by atoms with van der Waals surface area (Å²) in [4.78, 5) is 30.3. The molecule has 0 radical (unpaired) electrons. The molecule has 3 heterocycles. The van der Waals surface area contributed by atoms with Crippen molar-refractivity contribution in [2.45, 2.75) is 13.5 Å². The van der Waals surface area contributed by atoms with Gasteiger partial charge in [-0.05, 0) is 31.2 Å². The molecular formula is C19H15N3O4S. The number of fused-ring (bicyclic) bond motifs is 1. The number of rotatable bonds is 5. The van der Waals surface area contributed by atoms with Crippen molar-refractivity contribution in [3.63, 3.8) is 0 Å². The number of aryl methyl sites for hydroxylation is 1. The molecule has 4 rings (SSSR count). The van der Waals surface area contributed by atoms with Gasteiger partial charge in [-0.2, -0.15) is 0 Å². The number of hydrogen-bond acceptors (Lipinski definition) is 6. The Morgan fingerprint density at radius 1 is 1.30 bits per heavy atom. The van der Waals surface area contributed by atoms with E-state index in [0.717, 1.165) is 4.88 Å². The lowest BCUT2D eigenvalue weighted by Crippen LogP contribution is -2.14. The Labute approximate surface area is 157 Å². The van der Waals surface area contributed by atoms with Gasteiger partial charge in [0.25, 0.3) is 11.5 Å². The van der Waals surface area contributed by atoms with E-state index in [1.54, 1.807) is 42.6 Å². The van der Waals surface area contributed by atoms with E-state index in [1.165, 1.54) is 28.1 Å². The number of anilines is 1. The van der Waals surface area contributed by atoms with Crippen molar-refractivity contribution >= 4 is 27.9 Å². The number of benzene rings is 1. The molecule has 4 aromatic rings. The van der Waals surface area contributed by atoms with Crippen LogP contribution in [0, 0.1) is 6.92 Å². The van der Waals surface area contributed by atoms with Crippen molar-refractivity contribution in [1.29, 1.82) is 0 Å². The molecule has 0 aliphatic carbocycles. The number of thiazole rings is 1. The summed E-state index contributed by atoms with van der Waals surface area (Å²) in [5.74, 6) is 0.437. The van der Waals surface area contributed by atoms with Gasteiger partial charge in [-0.3, -0.25) is 14.0 Å². The molecule has 1 N–H and O–H groups in total. The van der Waals surface area contributed by atoms with Crippen LogP contribution in [0.1, 0.15) is 21.1 Å². The zero-order valence-electron chi connectivity index (χ0n) is 14.3. The van der Waals surface area contributed by atoms with E-state index in [9.17, 15) is 9.59 Å². The topological polar surface area (TPSA) is 85.8 Å². The molecule has 7 nitrogen and oxygen atoms in total. The summed E-state index contributed by atoms with van der Waals surface area (Å²) in [5, 5.41) is 2.74. The van der Waals surface area contributed by atoms with E-state index >= 15 is 0 Å². The summed E-state index contributed by atoms with van der Waals surface area (Å²) in [7, 11) is 0. The molecule has 0 fully saturated rings. The maximum Gasteiger partial charge on any atom is 0.291 e. The molecule has 136 valence electrons. The van der Waals surface area contributed by atoms with Gasteiger partial charge in [-0.25, -0.2) is 4.98 Å². The zero-order chi connectivity index (χ0) is 18.8. The van der Waals surface area contributed by atoms with Crippen molar-refractivity contribution in [1.82, 2.24) is 9.38 Å². The quantitative estimate of drug-likeness (QED) is 0.572. The molecule has 0 unspecified atom stereocenters. The average Bonchev–Trinajstić information content (AvgIpc) is 3.30. The van der Waals surface area contributed by atoms with Crippen LogP contribution in [-0.4, -0.2) is 15.3 Å². The molecule has 0 aliphatic heterocycles. The van der Waals surface area contributed by atoms with Gasteiger partial charge in [0, 0.05) is 28.9 Å². The van der Waals surface area contributed by atoms with Crippen LogP contribution in [0.4, 0.5) is 5.69 Å². The lowest BCUT2D eigenvalue weighted by atomic mass is 10.3. The highest BCUT2D eigenvalue weighted by Gasteiger charge is 2.10. The summed E-state index contributed by atoms with van der Waals surface area (Å²) < 4.78 is 12.3. The Kier molecular flexibility index (Phi) is 4.47. The van der Waals surface area contributed by atoms with Gasteiger partial charge in [-0.15, -0.1) is 11.3 Å². The third-order valence-corrected chi connectivity index (χ3v) is 4.66. The summed E-state index contributed by atoms with van der Waals surface area (Å²) >= 11 is 1.45. The largest absolute Gasteiger partial charge is 0.487 e. The van der Waals surface area contributed by atoms with Gasteiger partial charge >= 0.3 is 0 Å². The second kappa shape index (κ2) is 7.08. The van der Waals surface area contributed by atoms with E-state index < -0.39 is 0 Å². The smallest absolute Gasteiger partial charge is 0.291 e. The van der Waals surface area contributed by atoms with Crippen LogP contribution in [0.15, 0.2) is 64.1 Å². The first-order valence-corrected chi connectivity index (χ1v) is 8.96. The van der Waals surface area contributed by atoms with Crippen molar-refractivity contribution in [3.05, 3.63) is 81.6 Å². The fraction of sp³-hybridized carbons (Fsp3) is 0.105. The van der Waals surface area contributed by atoms with Crippen LogP contribution < -0.4 is 15.6 Å². The predicted molar refractivity (Wildman–Crippen MR) is 102 cm³/mol. The monoisotopic (exact) mass is 381 g/mol. The number of ether oxygens (including phenoxy) is 1. The van der Waals surface area contributed by atoms with Crippen LogP contribution in [0.2, 0.25) is 0 Å². The predicted octanol–water partition coefficient (Wildman–Crippen LogP) is 3.49. The lowest BCUT2D eigenvalue weighted by molar-refractivity contribution is 0.0996. The summed E-state index contributed by atoms with van der Waals surface area (Å²) in [6, 6.07) is 11.7. The molecule has 0 atom stereocenters. The second-order valence-electron chi connectivity index (χ2n) is 5.83. The third-order valence-electron chi connectivity index (χ3n) is 3.76. The lowest BCUT2D eigenvalue weighted by Gasteiger charge is -2.08. The Hall–Kier alpha value is -3.39. The van der Waals surface area contributed by atoms with Crippen LogP contribution in [0.5, 0.6) is 5.75 Å². The van der Waals surface area contributed by atoms with Gasteiger partial charge in [0.1, 0.15) is 12.4 Å².